The first-order valence-electron chi connectivity index (χ1n) is 12.6. The zero-order valence-corrected chi connectivity index (χ0v) is 21.5. The Morgan fingerprint density at radius 2 is 1.89 bits per heavy atom. The van der Waals surface area contributed by atoms with Gasteiger partial charge in [-0.2, -0.15) is 4.98 Å². The molecule has 38 heavy (non-hydrogen) atoms. The van der Waals surface area contributed by atoms with Gasteiger partial charge in [0.15, 0.2) is 0 Å². The highest BCUT2D eigenvalue weighted by molar-refractivity contribution is 6.30. The van der Waals surface area contributed by atoms with Crippen molar-refractivity contribution in [2.45, 2.75) is 32.5 Å². The number of hydrogen-bond donors (Lipinski definition) is 1. The van der Waals surface area contributed by atoms with E-state index in [0.29, 0.717) is 48.7 Å². The topological polar surface area (TPSA) is 80.5 Å². The molecular weight excluding hydrogens is 507 g/mol. The summed E-state index contributed by atoms with van der Waals surface area (Å²) in [6, 6.07) is 21.2. The van der Waals surface area contributed by atoms with Crippen molar-refractivity contribution in [1.82, 2.24) is 20.4 Å². The molecule has 0 aliphatic carbocycles. The average molecular weight is 535 g/mol. The van der Waals surface area contributed by atoms with Crippen LogP contribution in [0.2, 0.25) is 5.02 Å². The maximum Gasteiger partial charge on any atom is 0.241 e. The number of carbonyl (C=O) groups excluding carboxylic acids is 1. The van der Waals surface area contributed by atoms with E-state index in [1.54, 1.807) is 24.3 Å². The summed E-state index contributed by atoms with van der Waals surface area (Å²) in [5.74, 6) is 1.40. The summed E-state index contributed by atoms with van der Waals surface area (Å²) in [7, 11) is 0. The third-order valence-corrected chi connectivity index (χ3v) is 6.73. The molecule has 3 aromatic carbocycles. The molecule has 1 fully saturated rings. The Kier molecular flexibility index (Phi) is 8.31. The molecule has 4 aromatic rings. The van der Waals surface area contributed by atoms with E-state index in [0.717, 1.165) is 36.1 Å². The van der Waals surface area contributed by atoms with Gasteiger partial charge in [0.05, 0.1) is 12.5 Å². The molecule has 0 saturated carbocycles. The highest BCUT2D eigenvalue weighted by Crippen LogP contribution is 2.22. The number of hydrogen-bond acceptors (Lipinski definition) is 6. The zero-order valence-electron chi connectivity index (χ0n) is 20.8. The molecule has 5 rings (SSSR count). The van der Waals surface area contributed by atoms with E-state index in [-0.39, 0.29) is 17.6 Å². The lowest BCUT2D eigenvalue weighted by atomic mass is 9.97. The van der Waals surface area contributed by atoms with Crippen molar-refractivity contribution in [3.05, 3.63) is 101 Å². The summed E-state index contributed by atoms with van der Waals surface area (Å²) >= 11 is 6.06. The second-order valence-electron chi connectivity index (χ2n) is 9.37. The maximum atomic E-state index is 13.0. The number of nitrogens with zero attached hydrogens (tertiary/aromatic N) is 3. The predicted octanol–water partition coefficient (Wildman–Crippen LogP) is 5.64. The van der Waals surface area contributed by atoms with E-state index in [1.807, 2.05) is 36.4 Å². The fourth-order valence-electron chi connectivity index (χ4n) is 4.45. The van der Waals surface area contributed by atoms with Crippen LogP contribution in [0, 0.1) is 11.7 Å². The van der Waals surface area contributed by atoms with Crippen LogP contribution in [0.15, 0.2) is 77.3 Å². The number of likely N-dealkylation sites (tertiary alicyclic amines) is 1. The normalized spacial score (nSPS) is 15.8. The Morgan fingerprint density at radius 1 is 1.11 bits per heavy atom. The molecule has 7 nitrogen and oxygen atoms in total. The van der Waals surface area contributed by atoms with Gasteiger partial charge in [-0.15, -0.1) is 0 Å². The van der Waals surface area contributed by atoms with Crippen molar-refractivity contribution in [1.29, 1.82) is 0 Å². The van der Waals surface area contributed by atoms with Crippen molar-refractivity contribution < 1.29 is 18.4 Å². The van der Waals surface area contributed by atoms with Gasteiger partial charge < -0.3 is 14.6 Å². The smallest absolute Gasteiger partial charge is 0.241 e. The van der Waals surface area contributed by atoms with Crippen molar-refractivity contribution in [3.63, 3.8) is 0 Å². The zero-order chi connectivity index (χ0) is 26.3. The largest absolute Gasteiger partial charge is 0.489 e. The summed E-state index contributed by atoms with van der Waals surface area (Å²) in [5, 5.41) is 7.75. The fourth-order valence-corrected chi connectivity index (χ4v) is 4.64. The second kappa shape index (κ2) is 12.2. The van der Waals surface area contributed by atoms with Crippen LogP contribution in [0.4, 0.5) is 4.39 Å². The fraction of sp³-hybridized carbons (Fsp3) is 0.276. The maximum absolute atomic E-state index is 13.0. The van der Waals surface area contributed by atoms with Gasteiger partial charge in [0.1, 0.15) is 18.2 Å². The van der Waals surface area contributed by atoms with Gasteiger partial charge in [-0.05, 0) is 66.9 Å². The molecule has 1 aliphatic heterocycles. The van der Waals surface area contributed by atoms with Gasteiger partial charge in [0.25, 0.3) is 0 Å². The molecule has 2 heterocycles. The predicted molar refractivity (Wildman–Crippen MR) is 142 cm³/mol. The van der Waals surface area contributed by atoms with E-state index in [9.17, 15) is 9.18 Å². The number of aromatic nitrogens is 2. The Balaban J connectivity index is 1.08. The first-order chi connectivity index (χ1) is 18.5. The van der Waals surface area contributed by atoms with Crippen molar-refractivity contribution in [2.75, 3.05) is 13.1 Å². The number of benzene rings is 3. The third kappa shape index (κ3) is 6.96. The summed E-state index contributed by atoms with van der Waals surface area (Å²) in [6.07, 6.45) is 1.77. The molecule has 1 aromatic heterocycles. The Hall–Kier alpha value is -3.75. The number of rotatable bonds is 9. The van der Waals surface area contributed by atoms with Crippen molar-refractivity contribution >= 4 is 17.5 Å². The molecule has 0 spiro atoms. The number of piperidine rings is 1. The highest BCUT2D eigenvalue weighted by atomic mass is 35.5. The van der Waals surface area contributed by atoms with Crippen molar-refractivity contribution in [3.8, 4) is 17.1 Å². The molecule has 0 bridgehead atoms. The molecule has 0 radical (unpaired) electrons. The second-order valence-corrected chi connectivity index (χ2v) is 9.81. The summed E-state index contributed by atoms with van der Waals surface area (Å²) < 4.78 is 24.2. The first-order valence-corrected chi connectivity index (χ1v) is 12.9. The summed E-state index contributed by atoms with van der Waals surface area (Å²) in [4.78, 5) is 19.6. The minimum atomic E-state index is -0.267. The molecule has 1 N–H and O–H groups in total. The lowest BCUT2D eigenvalue weighted by Crippen LogP contribution is -2.42. The summed E-state index contributed by atoms with van der Waals surface area (Å²) in [6.45, 7) is 2.81. The lowest BCUT2D eigenvalue weighted by molar-refractivity contribution is -0.127. The molecule has 196 valence electrons. The number of amides is 1. The Bertz CT molecular complexity index is 1360. The number of carbonyl (C=O) groups is 1. The van der Waals surface area contributed by atoms with Gasteiger partial charge in [-0.1, -0.05) is 53.2 Å². The monoisotopic (exact) mass is 534 g/mol. The standard InChI is InChI=1S/C29H28ClFN4O3/c30-24-5-1-3-22(15-24)28-33-27(38-34-28)18-35-14-2-4-23(17-35)29(36)32-16-20-8-12-26(13-9-20)37-19-21-6-10-25(31)11-7-21/h1,3,5-13,15,23H,2,4,14,16-19H2,(H,32,36). The van der Waals surface area contributed by atoms with E-state index in [1.165, 1.54) is 12.1 Å². The first kappa shape index (κ1) is 25.9. The molecule has 1 atom stereocenters. The van der Waals surface area contributed by atoms with E-state index < -0.39 is 0 Å². The van der Waals surface area contributed by atoms with E-state index in [2.05, 4.69) is 20.4 Å². The summed E-state index contributed by atoms with van der Waals surface area (Å²) in [5.41, 5.74) is 2.68. The Morgan fingerprint density at radius 3 is 2.68 bits per heavy atom. The highest BCUT2D eigenvalue weighted by Gasteiger charge is 2.27. The quantitative estimate of drug-likeness (QED) is 0.299. The minimum absolute atomic E-state index is 0.0384. The number of ether oxygens (including phenoxy) is 1. The molecule has 9 heteroatoms. The van der Waals surface area contributed by atoms with Crippen LogP contribution >= 0.6 is 11.6 Å². The van der Waals surface area contributed by atoms with Gasteiger partial charge in [-0.25, -0.2) is 4.39 Å². The van der Waals surface area contributed by atoms with E-state index >= 15 is 0 Å². The van der Waals surface area contributed by atoms with Gasteiger partial charge in [0, 0.05) is 23.7 Å². The van der Waals surface area contributed by atoms with Crippen LogP contribution in [-0.4, -0.2) is 34.0 Å². The van der Waals surface area contributed by atoms with Crippen LogP contribution in [0.1, 0.15) is 29.9 Å². The molecular formula is C29H28ClFN4O3. The van der Waals surface area contributed by atoms with Gasteiger partial charge >= 0.3 is 0 Å². The number of halogens is 2. The van der Waals surface area contributed by atoms with Crippen LogP contribution < -0.4 is 10.1 Å². The average Bonchev–Trinajstić information content (AvgIpc) is 3.41. The number of nitrogens with one attached hydrogen (secondary N) is 1. The van der Waals surface area contributed by atoms with Crippen LogP contribution in [0.5, 0.6) is 5.75 Å². The lowest BCUT2D eigenvalue weighted by Gasteiger charge is -2.30. The third-order valence-electron chi connectivity index (χ3n) is 6.49. The molecule has 1 saturated heterocycles. The van der Waals surface area contributed by atoms with Crippen LogP contribution in [0.3, 0.4) is 0 Å². The van der Waals surface area contributed by atoms with Gasteiger partial charge in [0.2, 0.25) is 17.6 Å². The molecule has 1 aliphatic rings. The van der Waals surface area contributed by atoms with Crippen molar-refractivity contribution in [2.24, 2.45) is 5.92 Å². The minimum Gasteiger partial charge on any atom is -0.489 e. The van der Waals surface area contributed by atoms with Crippen LogP contribution in [-0.2, 0) is 24.5 Å². The Labute approximate surface area is 225 Å². The SMILES string of the molecule is O=C(NCc1ccc(OCc2ccc(F)cc2)cc1)C1CCCN(Cc2nc(-c3cccc(Cl)c3)no2)C1. The molecule has 1 unspecified atom stereocenters. The van der Waals surface area contributed by atoms with E-state index in [4.69, 9.17) is 20.9 Å². The molecule has 1 amide bonds. The van der Waals surface area contributed by atoms with Gasteiger partial charge in [-0.3, -0.25) is 9.69 Å². The van der Waals surface area contributed by atoms with Crippen LogP contribution in [0.25, 0.3) is 11.4 Å².